The van der Waals surface area contributed by atoms with Gasteiger partial charge < -0.3 is 27.9 Å². The Bertz CT molecular complexity index is 488. The number of rotatable bonds is 18. The summed E-state index contributed by atoms with van der Waals surface area (Å²) in [4.78, 5) is 0. The van der Waals surface area contributed by atoms with Gasteiger partial charge in [0, 0.05) is 36.6 Å². The van der Waals surface area contributed by atoms with Gasteiger partial charge in [0.1, 0.15) is 0 Å². The third-order valence-electron chi connectivity index (χ3n) is 2.63. The first kappa shape index (κ1) is 49.2. The van der Waals surface area contributed by atoms with Crippen LogP contribution in [-0.2, 0) is 69.9 Å². The van der Waals surface area contributed by atoms with Crippen molar-refractivity contribution in [2.24, 2.45) is 0 Å². The second kappa shape index (κ2) is 38.5. The summed E-state index contributed by atoms with van der Waals surface area (Å²) in [5, 5.41) is 0. The Hall–Kier alpha value is -1.52. The minimum absolute atomic E-state index is 0.0625. The van der Waals surface area contributed by atoms with E-state index in [0.717, 1.165) is 0 Å². The van der Waals surface area contributed by atoms with Gasteiger partial charge in [-0.2, -0.15) is 0 Å². The third-order valence-corrected chi connectivity index (χ3v) is 2.63. The molecule has 0 aliphatic heterocycles. The zero-order valence-electron chi connectivity index (χ0n) is 26.2. The van der Waals surface area contributed by atoms with E-state index in [9.17, 15) is 0 Å². The van der Waals surface area contributed by atoms with Gasteiger partial charge in [-0.15, -0.1) is 0 Å². The van der Waals surface area contributed by atoms with E-state index in [4.69, 9.17) is 56.2 Å². The molecule has 0 N–H and O–H groups in total. The van der Waals surface area contributed by atoms with Gasteiger partial charge in [-0.25, -0.2) is 0 Å². The Labute approximate surface area is 248 Å². The second-order valence-corrected chi connectivity index (χ2v) is 8.67. The number of hydrogen-bond donors (Lipinski definition) is 0. The van der Waals surface area contributed by atoms with Gasteiger partial charge in [-0.3, -0.25) is 0 Å². The summed E-state index contributed by atoms with van der Waals surface area (Å²) in [5.41, 5.74) is 0. The molecule has 0 rings (SSSR count). The average Bonchev–Trinajstić information content (AvgIpc) is 2.80. The van der Waals surface area contributed by atoms with Crippen LogP contribution in [-0.4, -0.2) is 95.4 Å². The summed E-state index contributed by atoms with van der Waals surface area (Å²) < 4.78 is 96.7. The standard InChI is InChI=1S/2C9H21BO3.3B2O3/c2*1-7(2)11-10(12-8(3)4)13-9(5)6;3*3-1-5-2-4/h2*7-9H,1-6H3;;;. The van der Waals surface area contributed by atoms with Gasteiger partial charge in [0.05, 0.1) is 0 Å². The molecule has 41 heavy (non-hydrogen) atoms. The maximum absolute atomic E-state index is 8.95. The van der Waals surface area contributed by atoms with E-state index in [-0.39, 0.29) is 80.7 Å². The maximum atomic E-state index is 8.95. The fraction of sp³-hybridized carbons (Fsp3) is 1.00. The SMILES string of the molecule is CC(C)OB(OC(C)C)OC(C)C.CC(C)OB(OC(C)C)OC(C)C.O=BOB=O.O=BOB=O.O=BOB=O. The molecular formula is C18H42B8O15. The molecule has 0 aliphatic rings. The van der Waals surface area contributed by atoms with E-state index in [1.54, 1.807) is 0 Å². The van der Waals surface area contributed by atoms with Crippen LogP contribution in [0.4, 0.5) is 0 Å². The molecule has 0 heterocycles. The van der Waals surface area contributed by atoms with Crippen LogP contribution in [0.2, 0.25) is 0 Å². The van der Waals surface area contributed by atoms with Crippen molar-refractivity contribution >= 4 is 58.8 Å². The molecule has 0 unspecified atom stereocenters. The van der Waals surface area contributed by atoms with Gasteiger partial charge >= 0.3 is 101 Å². The van der Waals surface area contributed by atoms with Gasteiger partial charge in [-0.1, -0.05) is 0 Å². The van der Waals surface area contributed by atoms with Crippen LogP contribution >= 0.6 is 0 Å². The first-order valence-corrected chi connectivity index (χ1v) is 12.6. The van der Waals surface area contributed by atoms with Crippen molar-refractivity contribution in [2.45, 2.75) is 120 Å². The monoisotopic (exact) mass is 586 g/mol. The molecule has 228 valence electrons. The van der Waals surface area contributed by atoms with Gasteiger partial charge in [0.15, 0.2) is 0 Å². The minimum atomic E-state index is -0.542. The first-order chi connectivity index (χ1) is 19.1. The van der Waals surface area contributed by atoms with Crippen molar-refractivity contribution in [3.63, 3.8) is 0 Å². The zero-order chi connectivity index (χ0) is 33.2. The normalized spacial score (nSPS) is 8.93. The fourth-order valence-electron chi connectivity index (χ4n) is 1.59. The zero-order valence-corrected chi connectivity index (χ0v) is 26.2. The summed E-state index contributed by atoms with van der Waals surface area (Å²) >= 11 is 0. The van der Waals surface area contributed by atoms with Crippen LogP contribution in [0.5, 0.6) is 0 Å². The molecule has 0 saturated heterocycles. The Morgan fingerprint density at radius 2 is 0.439 bits per heavy atom. The fourth-order valence-corrected chi connectivity index (χ4v) is 1.59. The number of hydrogen-bond acceptors (Lipinski definition) is 15. The molecule has 0 aromatic rings. The summed E-state index contributed by atoms with van der Waals surface area (Å²) in [6.07, 6.45) is 0.681. The molecule has 0 amide bonds. The van der Waals surface area contributed by atoms with Gasteiger partial charge in [0.2, 0.25) is 0 Å². The van der Waals surface area contributed by atoms with Crippen molar-refractivity contribution in [3.8, 4) is 0 Å². The van der Waals surface area contributed by atoms with Crippen molar-refractivity contribution in [1.29, 1.82) is 0 Å². The van der Waals surface area contributed by atoms with E-state index in [0.29, 0.717) is 0 Å². The summed E-state index contributed by atoms with van der Waals surface area (Å²) in [6, 6.07) is 0. The molecule has 0 fully saturated rings. The molecule has 0 radical (unpaired) electrons. The van der Waals surface area contributed by atoms with Gasteiger partial charge in [-0.05, 0) is 83.1 Å². The quantitative estimate of drug-likeness (QED) is 0.209. The molecular weight excluding hydrogens is 543 g/mol. The van der Waals surface area contributed by atoms with Crippen LogP contribution in [0.3, 0.4) is 0 Å². The Balaban J connectivity index is -0.000000143. The van der Waals surface area contributed by atoms with Crippen molar-refractivity contribution in [1.82, 2.24) is 0 Å². The molecule has 0 aromatic heterocycles. The average molecular weight is 585 g/mol. The Morgan fingerprint density at radius 1 is 0.317 bits per heavy atom. The van der Waals surface area contributed by atoms with E-state index in [2.05, 4.69) is 13.7 Å². The van der Waals surface area contributed by atoms with Crippen LogP contribution in [0, 0.1) is 0 Å². The van der Waals surface area contributed by atoms with Crippen LogP contribution in [0.15, 0.2) is 0 Å². The van der Waals surface area contributed by atoms with Gasteiger partial charge in [0.25, 0.3) is 0 Å². The third kappa shape index (κ3) is 63.1. The topological polar surface area (TPSA) is 185 Å². The molecule has 23 heteroatoms. The molecule has 0 atom stereocenters. The van der Waals surface area contributed by atoms with E-state index in [1.807, 2.05) is 83.1 Å². The molecule has 0 spiro atoms. The molecule has 0 bridgehead atoms. The van der Waals surface area contributed by atoms with E-state index >= 15 is 0 Å². The van der Waals surface area contributed by atoms with E-state index < -0.39 is 14.6 Å². The predicted octanol–water partition coefficient (Wildman–Crippen LogP) is 1.29. The van der Waals surface area contributed by atoms with Crippen LogP contribution in [0.25, 0.3) is 0 Å². The van der Waals surface area contributed by atoms with Crippen LogP contribution in [0.1, 0.15) is 83.1 Å². The predicted molar refractivity (Wildman–Crippen MR) is 151 cm³/mol. The molecule has 15 nitrogen and oxygen atoms in total. The molecule has 0 saturated carbocycles. The van der Waals surface area contributed by atoms with E-state index in [1.165, 1.54) is 0 Å². The Kier molecular flexibility index (Phi) is 46.1. The molecule has 0 aliphatic carbocycles. The van der Waals surface area contributed by atoms with Crippen molar-refractivity contribution in [2.75, 3.05) is 0 Å². The summed E-state index contributed by atoms with van der Waals surface area (Å²) in [7, 11) is -0.708. The van der Waals surface area contributed by atoms with Crippen molar-refractivity contribution in [3.05, 3.63) is 0 Å². The first-order valence-electron chi connectivity index (χ1n) is 12.6. The van der Waals surface area contributed by atoms with Crippen LogP contribution < -0.4 is 0 Å². The molecule has 0 aromatic carbocycles. The summed E-state index contributed by atoms with van der Waals surface area (Å²) in [5.74, 6) is 0. The van der Waals surface area contributed by atoms with Crippen molar-refractivity contribution < 1.29 is 69.9 Å². The second-order valence-electron chi connectivity index (χ2n) is 8.67. The Morgan fingerprint density at radius 3 is 0.488 bits per heavy atom. The summed E-state index contributed by atoms with van der Waals surface area (Å²) in [6.45, 7) is 23.5.